The second-order valence-electron chi connectivity index (χ2n) is 9.38. The van der Waals surface area contributed by atoms with Crippen LogP contribution in [0, 0.1) is 13.8 Å². The van der Waals surface area contributed by atoms with E-state index in [1.165, 1.54) is 29.2 Å². The maximum atomic E-state index is 13.9. The van der Waals surface area contributed by atoms with Crippen LogP contribution in [0.2, 0.25) is 10.0 Å². The van der Waals surface area contributed by atoms with E-state index in [2.05, 4.69) is 5.32 Å². The predicted molar refractivity (Wildman–Crippen MR) is 157 cm³/mol. The summed E-state index contributed by atoms with van der Waals surface area (Å²) in [6.45, 7) is 7.33. The first kappa shape index (κ1) is 30.5. The Hall–Kier alpha value is -3.07. The van der Waals surface area contributed by atoms with Crippen molar-refractivity contribution >= 4 is 50.7 Å². The molecule has 0 spiro atoms. The fraction of sp³-hybridized carbons (Fsp3) is 0.310. The number of benzene rings is 3. The van der Waals surface area contributed by atoms with E-state index in [1.807, 2.05) is 45.0 Å². The maximum absolute atomic E-state index is 13.9. The van der Waals surface area contributed by atoms with Gasteiger partial charge in [-0.05, 0) is 57.0 Å². The van der Waals surface area contributed by atoms with Gasteiger partial charge in [0.25, 0.3) is 10.0 Å². The first-order chi connectivity index (χ1) is 18.4. The number of nitrogens with one attached hydrogen (secondary N) is 1. The highest BCUT2D eigenvalue weighted by atomic mass is 35.5. The molecule has 0 radical (unpaired) electrons. The minimum atomic E-state index is -4.24. The van der Waals surface area contributed by atoms with Crippen LogP contribution >= 0.6 is 23.2 Å². The van der Waals surface area contributed by atoms with Gasteiger partial charge in [-0.25, -0.2) is 8.42 Å². The number of anilines is 1. The summed E-state index contributed by atoms with van der Waals surface area (Å²) in [6.07, 6.45) is 0.736. The minimum Gasteiger partial charge on any atom is -0.354 e. The van der Waals surface area contributed by atoms with Gasteiger partial charge in [0.1, 0.15) is 12.6 Å². The summed E-state index contributed by atoms with van der Waals surface area (Å²) in [6, 6.07) is 17.6. The molecule has 0 bridgehead atoms. The van der Waals surface area contributed by atoms with Gasteiger partial charge in [-0.1, -0.05) is 83.7 Å². The van der Waals surface area contributed by atoms with E-state index in [0.29, 0.717) is 6.54 Å². The number of hydrogen-bond acceptors (Lipinski definition) is 4. The van der Waals surface area contributed by atoms with E-state index in [1.54, 1.807) is 25.1 Å². The van der Waals surface area contributed by atoms with Gasteiger partial charge in [-0.3, -0.25) is 13.9 Å². The van der Waals surface area contributed by atoms with Crippen molar-refractivity contribution in [2.45, 2.75) is 51.6 Å². The van der Waals surface area contributed by atoms with E-state index < -0.39 is 28.5 Å². The van der Waals surface area contributed by atoms with Crippen molar-refractivity contribution < 1.29 is 18.0 Å². The monoisotopic (exact) mass is 589 g/mol. The number of hydrogen-bond donors (Lipinski definition) is 1. The molecule has 39 heavy (non-hydrogen) atoms. The van der Waals surface area contributed by atoms with Crippen LogP contribution in [0.4, 0.5) is 5.69 Å². The van der Waals surface area contributed by atoms with Crippen LogP contribution in [0.15, 0.2) is 71.6 Å². The molecule has 0 heterocycles. The van der Waals surface area contributed by atoms with Crippen LogP contribution in [-0.2, 0) is 26.2 Å². The summed E-state index contributed by atoms with van der Waals surface area (Å²) in [4.78, 5) is 28.2. The number of rotatable bonds is 11. The summed E-state index contributed by atoms with van der Waals surface area (Å²) in [7, 11) is -4.24. The Balaban J connectivity index is 2.06. The molecule has 10 heteroatoms. The van der Waals surface area contributed by atoms with Crippen LogP contribution in [0.3, 0.4) is 0 Å². The molecular weight excluding hydrogens is 557 g/mol. The number of sulfonamides is 1. The fourth-order valence-electron chi connectivity index (χ4n) is 4.02. The Morgan fingerprint density at radius 3 is 2.26 bits per heavy atom. The van der Waals surface area contributed by atoms with Crippen molar-refractivity contribution in [3.05, 3.63) is 93.5 Å². The summed E-state index contributed by atoms with van der Waals surface area (Å²) >= 11 is 12.7. The lowest BCUT2D eigenvalue weighted by molar-refractivity contribution is -0.139. The SMILES string of the molecule is CCCNC(=O)C(C)N(Cc1cccc(C)c1)C(=O)CN(c1cccc(Cl)c1Cl)S(=O)(=O)c1ccc(C)cc1. The zero-order valence-corrected chi connectivity index (χ0v) is 24.8. The molecule has 0 aliphatic heterocycles. The highest BCUT2D eigenvalue weighted by molar-refractivity contribution is 7.92. The van der Waals surface area contributed by atoms with Gasteiger partial charge >= 0.3 is 0 Å². The van der Waals surface area contributed by atoms with Crippen molar-refractivity contribution in [3.8, 4) is 0 Å². The molecule has 0 fully saturated rings. The topological polar surface area (TPSA) is 86.8 Å². The Morgan fingerprint density at radius 2 is 1.62 bits per heavy atom. The zero-order chi connectivity index (χ0) is 28.7. The largest absolute Gasteiger partial charge is 0.354 e. The lowest BCUT2D eigenvalue weighted by Gasteiger charge is -2.32. The molecule has 3 rings (SSSR count). The Bertz CT molecular complexity index is 1430. The number of aryl methyl sites for hydroxylation is 2. The molecule has 1 atom stereocenters. The summed E-state index contributed by atoms with van der Waals surface area (Å²) in [5, 5.41) is 2.97. The second-order valence-corrected chi connectivity index (χ2v) is 12.0. The second kappa shape index (κ2) is 13.3. The van der Waals surface area contributed by atoms with Crippen molar-refractivity contribution in [1.82, 2.24) is 10.2 Å². The average molecular weight is 591 g/mol. The molecule has 7 nitrogen and oxygen atoms in total. The highest BCUT2D eigenvalue weighted by Crippen LogP contribution is 2.35. The molecule has 0 saturated carbocycles. The fourth-order valence-corrected chi connectivity index (χ4v) is 5.90. The Morgan fingerprint density at radius 1 is 0.949 bits per heavy atom. The average Bonchev–Trinajstić information content (AvgIpc) is 2.90. The quantitative estimate of drug-likeness (QED) is 0.308. The van der Waals surface area contributed by atoms with Gasteiger partial charge in [-0.2, -0.15) is 0 Å². The van der Waals surface area contributed by atoms with Gasteiger partial charge in [-0.15, -0.1) is 0 Å². The lowest BCUT2D eigenvalue weighted by Crippen LogP contribution is -2.51. The first-order valence-corrected chi connectivity index (χ1v) is 14.8. The summed E-state index contributed by atoms with van der Waals surface area (Å²) < 4.78 is 28.7. The molecule has 0 aliphatic rings. The van der Waals surface area contributed by atoms with Crippen LogP contribution in [0.25, 0.3) is 0 Å². The van der Waals surface area contributed by atoms with E-state index in [-0.39, 0.29) is 33.1 Å². The predicted octanol–water partition coefficient (Wildman–Crippen LogP) is 5.75. The minimum absolute atomic E-state index is 0.00150. The van der Waals surface area contributed by atoms with E-state index >= 15 is 0 Å². The van der Waals surface area contributed by atoms with E-state index in [9.17, 15) is 18.0 Å². The van der Waals surface area contributed by atoms with Gasteiger partial charge in [0.2, 0.25) is 11.8 Å². The van der Waals surface area contributed by atoms with Crippen molar-refractivity contribution in [3.63, 3.8) is 0 Å². The third-order valence-electron chi connectivity index (χ3n) is 6.24. The molecule has 0 saturated heterocycles. The zero-order valence-electron chi connectivity index (χ0n) is 22.4. The molecule has 208 valence electrons. The van der Waals surface area contributed by atoms with Gasteiger partial charge < -0.3 is 10.2 Å². The number of amides is 2. The third kappa shape index (κ3) is 7.53. The Kier molecular flexibility index (Phi) is 10.4. The Labute approximate surface area is 240 Å². The highest BCUT2D eigenvalue weighted by Gasteiger charge is 2.33. The van der Waals surface area contributed by atoms with Crippen molar-refractivity contribution in [2.24, 2.45) is 0 Å². The molecule has 0 aliphatic carbocycles. The number of halogens is 2. The molecule has 3 aromatic carbocycles. The van der Waals surface area contributed by atoms with Gasteiger partial charge in [0, 0.05) is 13.1 Å². The molecular formula is C29H33Cl2N3O4S. The third-order valence-corrected chi connectivity index (χ3v) is 8.82. The normalized spacial score (nSPS) is 12.1. The number of carbonyl (C=O) groups is 2. The summed E-state index contributed by atoms with van der Waals surface area (Å²) in [5.74, 6) is -0.894. The standard InChI is InChI=1S/C29H33Cl2N3O4S/c1-5-16-32-29(36)22(4)33(18-23-9-6-8-21(3)17-23)27(35)19-34(26-11-7-10-25(30)28(26)31)39(37,38)24-14-12-20(2)13-15-24/h6-15,17,22H,5,16,18-19H2,1-4H3,(H,32,36). The first-order valence-electron chi connectivity index (χ1n) is 12.6. The molecule has 1 unspecified atom stereocenters. The van der Waals surface area contributed by atoms with Crippen molar-refractivity contribution in [1.29, 1.82) is 0 Å². The lowest BCUT2D eigenvalue weighted by atomic mass is 10.1. The van der Waals surface area contributed by atoms with E-state index in [4.69, 9.17) is 23.2 Å². The van der Waals surface area contributed by atoms with Gasteiger partial charge in [0.15, 0.2) is 0 Å². The molecule has 0 aromatic heterocycles. The maximum Gasteiger partial charge on any atom is 0.264 e. The number of carbonyl (C=O) groups excluding carboxylic acids is 2. The molecule has 1 N–H and O–H groups in total. The van der Waals surface area contributed by atoms with Crippen LogP contribution in [-0.4, -0.2) is 44.3 Å². The van der Waals surface area contributed by atoms with E-state index in [0.717, 1.165) is 27.4 Å². The number of nitrogens with zero attached hydrogens (tertiary/aromatic N) is 2. The molecule has 3 aromatic rings. The summed E-state index contributed by atoms with van der Waals surface area (Å²) in [5.41, 5.74) is 2.76. The smallest absolute Gasteiger partial charge is 0.264 e. The van der Waals surface area contributed by atoms with Crippen LogP contribution in [0.1, 0.15) is 37.0 Å². The van der Waals surface area contributed by atoms with Gasteiger partial charge in [0.05, 0.1) is 20.6 Å². The molecule has 2 amide bonds. The van der Waals surface area contributed by atoms with Crippen LogP contribution in [0.5, 0.6) is 0 Å². The van der Waals surface area contributed by atoms with Crippen molar-refractivity contribution in [2.75, 3.05) is 17.4 Å². The van der Waals surface area contributed by atoms with Crippen LogP contribution < -0.4 is 9.62 Å².